The molecule has 4 nitrogen and oxygen atoms in total. The molecule has 1 heterocycles. The Labute approximate surface area is 147 Å². The molecule has 1 N–H and O–H groups in total. The van der Waals surface area contributed by atoms with Crippen molar-refractivity contribution >= 4 is 22.4 Å². The predicted molar refractivity (Wildman–Crippen MR) is 97.8 cm³/mol. The minimum absolute atomic E-state index is 0. The van der Waals surface area contributed by atoms with Crippen molar-refractivity contribution in [2.45, 2.75) is 44.4 Å². The Hall–Kier alpha value is -0.620. The van der Waals surface area contributed by atoms with Gasteiger partial charge in [-0.2, -0.15) is 4.31 Å². The van der Waals surface area contributed by atoms with Crippen molar-refractivity contribution in [3.05, 3.63) is 29.8 Å². The zero-order valence-electron chi connectivity index (χ0n) is 14.3. The third-order valence-corrected chi connectivity index (χ3v) is 6.35. The van der Waals surface area contributed by atoms with Crippen LogP contribution in [0.3, 0.4) is 0 Å². The second-order valence-electron chi connectivity index (χ2n) is 6.38. The molecule has 6 heteroatoms. The van der Waals surface area contributed by atoms with Gasteiger partial charge in [0.25, 0.3) is 0 Å². The highest BCUT2D eigenvalue weighted by atomic mass is 35.5. The Kier molecular flexibility index (Phi) is 8.01. The molecular formula is C17H29ClN2O2S. The number of hydrogen-bond acceptors (Lipinski definition) is 3. The molecule has 0 radical (unpaired) electrons. The van der Waals surface area contributed by atoms with Crippen molar-refractivity contribution < 1.29 is 8.42 Å². The second-order valence-corrected chi connectivity index (χ2v) is 8.32. The first-order valence-corrected chi connectivity index (χ1v) is 9.70. The molecule has 1 aromatic rings. The quantitative estimate of drug-likeness (QED) is 0.847. The molecule has 0 unspecified atom stereocenters. The summed E-state index contributed by atoms with van der Waals surface area (Å²) in [5, 5.41) is 3.35. The standard InChI is InChI=1S/C17H28N2O2S.ClH/c1-4-18-13-15-9-11-19(12-10-15)22(20,21)17-7-5-16(6-8-17)14(2)3;/h5-8,14-15,18H,4,9-13H2,1-3H3;1H. The van der Waals surface area contributed by atoms with E-state index >= 15 is 0 Å². The zero-order chi connectivity index (χ0) is 16.2. The summed E-state index contributed by atoms with van der Waals surface area (Å²) in [4.78, 5) is 0.419. The van der Waals surface area contributed by atoms with E-state index in [1.807, 2.05) is 12.1 Å². The summed E-state index contributed by atoms with van der Waals surface area (Å²) < 4.78 is 27.0. The Morgan fingerprint density at radius 2 is 1.74 bits per heavy atom. The van der Waals surface area contributed by atoms with E-state index in [1.165, 1.54) is 5.56 Å². The number of nitrogens with zero attached hydrogens (tertiary/aromatic N) is 1. The molecular weight excluding hydrogens is 332 g/mol. The van der Waals surface area contributed by atoms with Crippen LogP contribution in [-0.4, -0.2) is 38.9 Å². The van der Waals surface area contributed by atoms with E-state index in [0.29, 0.717) is 29.8 Å². The number of nitrogens with one attached hydrogen (secondary N) is 1. The first kappa shape index (κ1) is 20.4. The molecule has 0 aliphatic carbocycles. The van der Waals surface area contributed by atoms with Crippen LogP contribution in [-0.2, 0) is 10.0 Å². The highest BCUT2D eigenvalue weighted by molar-refractivity contribution is 7.89. The van der Waals surface area contributed by atoms with Crippen LogP contribution in [0.25, 0.3) is 0 Å². The molecule has 1 aliphatic heterocycles. The van der Waals surface area contributed by atoms with Gasteiger partial charge in [-0.05, 0) is 55.5 Å². The van der Waals surface area contributed by atoms with Crippen LogP contribution in [0.4, 0.5) is 0 Å². The fourth-order valence-corrected chi connectivity index (χ4v) is 4.35. The maximum Gasteiger partial charge on any atom is 0.243 e. The maximum atomic E-state index is 12.7. The summed E-state index contributed by atoms with van der Waals surface area (Å²) in [5.74, 6) is 1.01. The van der Waals surface area contributed by atoms with E-state index in [4.69, 9.17) is 0 Å². The van der Waals surface area contributed by atoms with Gasteiger partial charge in [-0.25, -0.2) is 8.42 Å². The fourth-order valence-electron chi connectivity index (χ4n) is 2.88. The van der Waals surface area contributed by atoms with Gasteiger partial charge in [0.15, 0.2) is 0 Å². The molecule has 0 aromatic heterocycles. The summed E-state index contributed by atoms with van der Waals surface area (Å²) in [6.07, 6.45) is 1.88. The van der Waals surface area contributed by atoms with E-state index in [0.717, 1.165) is 25.9 Å². The fraction of sp³-hybridized carbons (Fsp3) is 0.647. The van der Waals surface area contributed by atoms with Crippen molar-refractivity contribution in [2.75, 3.05) is 26.2 Å². The molecule has 0 amide bonds. The van der Waals surface area contributed by atoms with Crippen LogP contribution >= 0.6 is 12.4 Å². The summed E-state index contributed by atoms with van der Waals surface area (Å²) in [5.41, 5.74) is 1.17. The molecule has 0 saturated carbocycles. The molecule has 0 spiro atoms. The van der Waals surface area contributed by atoms with Gasteiger partial charge in [-0.15, -0.1) is 12.4 Å². The van der Waals surface area contributed by atoms with Crippen molar-refractivity contribution in [1.29, 1.82) is 0 Å². The third-order valence-electron chi connectivity index (χ3n) is 4.44. The van der Waals surface area contributed by atoms with Crippen LogP contribution in [0.15, 0.2) is 29.2 Å². The Morgan fingerprint density at radius 1 is 1.17 bits per heavy atom. The van der Waals surface area contributed by atoms with Gasteiger partial charge < -0.3 is 5.32 Å². The molecule has 1 fully saturated rings. The van der Waals surface area contributed by atoms with Crippen LogP contribution < -0.4 is 5.32 Å². The average Bonchev–Trinajstić information content (AvgIpc) is 2.53. The van der Waals surface area contributed by atoms with Gasteiger partial charge in [0.2, 0.25) is 10.0 Å². The lowest BCUT2D eigenvalue weighted by Gasteiger charge is -2.31. The molecule has 0 atom stereocenters. The molecule has 0 bridgehead atoms. The molecule has 132 valence electrons. The van der Waals surface area contributed by atoms with Gasteiger partial charge in [-0.1, -0.05) is 32.9 Å². The van der Waals surface area contributed by atoms with Crippen LogP contribution in [0.1, 0.15) is 45.1 Å². The lowest BCUT2D eigenvalue weighted by Crippen LogP contribution is -2.40. The Balaban J connectivity index is 0.00000264. The van der Waals surface area contributed by atoms with E-state index in [1.54, 1.807) is 16.4 Å². The highest BCUT2D eigenvalue weighted by Gasteiger charge is 2.29. The summed E-state index contributed by atoms with van der Waals surface area (Å²) >= 11 is 0. The third kappa shape index (κ3) is 5.18. The maximum absolute atomic E-state index is 12.7. The average molecular weight is 361 g/mol. The van der Waals surface area contributed by atoms with Crippen LogP contribution in [0.2, 0.25) is 0 Å². The van der Waals surface area contributed by atoms with Gasteiger partial charge in [-0.3, -0.25) is 0 Å². The summed E-state index contributed by atoms with van der Waals surface area (Å²) in [7, 11) is -3.34. The Morgan fingerprint density at radius 3 is 2.22 bits per heavy atom. The number of sulfonamides is 1. The molecule has 1 aliphatic rings. The molecule has 1 saturated heterocycles. The predicted octanol–water partition coefficient (Wildman–Crippen LogP) is 3.24. The first-order valence-electron chi connectivity index (χ1n) is 8.26. The largest absolute Gasteiger partial charge is 0.317 e. The molecule has 23 heavy (non-hydrogen) atoms. The van der Waals surface area contributed by atoms with Crippen molar-refractivity contribution in [1.82, 2.24) is 9.62 Å². The smallest absolute Gasteiger partial charge is 0.243 e. The van der Waals surface area contributed by atoms with Gasteiger partial charge >= 0.3 is 0 Å². The van der Waals surface area contributed by atoms with Crippen molar-refractivity contribution in [3.8, 4) is 0 Å². The zero-order valence-corrected chi connectivity index (χ0v) is 15.9. The SMILES string of the molecule is CCNCC1CCN(S(=O)(=O)c2ccc(C(C)C)cc2)CC1.Cl. The van der Waals surface area contributed by atoms with E-state index in [-0.39, 0.29) is 12.4 Å². The van der Waals surface area contributed by atoms with E-state index < -0.39 is 10.0 Å². The lowest BCUT2D eigenvalue weighted by atomic mass is 9.98. The first-order chi connectivity index (χ1) is 10.4. The van der Waals surface area contributed by atoms with E-state index in [2.05, 4.69) is 26.1 Å². The Bertz CT molecular complexity index is 565. The minimum Gasteiger partial charge on any atom is -0.317 e. The van der Waals surface area contributed by atoms with Gasteiger partial charge in [0, 0.05) is 13.1 Å². The monoisotopic (exact) mass is 360 g/mol. The number of benzene rings is 1. The number of halogens is 1. The van der Waals surface area contributed by atoms with Crippen LogP contribution in [0.5, 0.6) is 0 Å². The normalized spacial score (nSPS) is 17.2. The van der Waals surface area contributed by atoms with Gasteiger partial charge in [0.05, 0.1) is 4.90 Å². The van der Waals surface area contributed by atoms with Crippen molar-refractivity contribution in [3.63, 3.8) is 0 Å². The number of piperidine rings is 1. The van der Waals surface area contributed by atoms with Crippen molar-refractivity contribution in [2.24, 2.45) is 5.92 Å². The second kappa shape index (κ2) is 9.02. The number of hydrogen-bond donors (Lipinski definition) is 1. The van der Waals surface area contributed by atoms with E-state index in [9.17, 15) is 8.42 Å². The minimum atomic E-state index is -3.34. The highest BCUT2D eigenvalue weighted by Crippen LogP contribution is 2.24. The number of rotatable bonds is 6. The lowest BCUT2D eigenvalue weighted by molar-refractivity contribution is 0.268. The molecule has 2 rings (SSSR count). The topological polar surface area (TPSA) is 49.4 Å². The van der Waals surface area contributed by atoms with Crippen LogP contribution in [0, 0.1) is 5.92 Å². The van der Waals surface area contributed by atoms with Gasteiger partial charge in [0.1, 0.15) is 0 Å². The summed E-state index contributed by atoms with van der Waals surface area (Å²) in [6.45, 7) is 9.54. The molecule has 1 aromatic carbocycles. The summed E-state index contributed by atoms with van der Waals surface area (Å²) in [6, 6.07) is 7.34.